The van der Waals surface area contributed by atoms with Crippen molar-refractivity contribution in [2.75, 3.05) is 26.8 Å². The van der Waals surface area contributed by atoms with Gasteiger partial charge in [0, 0.05) is 43.3 Å². The van der Waals surface area contributed by atoms with E-state index in [1.807, 2.05) is 6.92 Å². The van der Waals surface area contributed by atoms with E-state index >= 15 is 0 Å². The van der Waals surface area contributed by atoms with Crippen LogP contribution in [0.5, 0.6) is 11.5 Å². The molecule has 1 heterocycles. The smallest absolute Gasteiger partial charge is 0.307 e. The highest BCUT2D eigenvalue weighted by atomic mass is 19.1. The molecule has 0 radical (unpaired) electrons. The average Bonchev–Trinajstić information content (AvgIpc) is 2.76. The minimum Gasteiger partial charge on any atom is -0.497 e. The Bertz CT molecular complexity index is 950. The van der Waals surface area contributed by atoms with Gasteiger partial charge in [-0.1, -0.05) is 18.2 Å². The molecule has 0 saturated carbocycles. The van der Waals surface area contributed by atoms with Crippen LogP contribution in [0.3, 0.4) is 0 Å². The Balaban J connectivity index is 1.61. The second-order valence-electron chi connectivity index (χ2n) is 8.13. The number of hydrogen-bond acceptors (Lipinski definition) is 5. The van der Waals surface area contributed by atoms with Crippen molar-refractivity contribution >= 4 is 11.9 Å². The summed E-state index contributed by atoms with van der Waals surface area (Å²) in [6.45, 7) is 5.78. The monoisotopic (exact) mass is 444 g/mol. The number of carbonyl (C=O) groups excluding carboxylic acids is 1. The molecule has 172 valence electrons. The topological polar surface area (TPSA) is 79.3 Å². The van der Waals surface area contributed by atoms with Gasteiger partial charge in [-0.2, -0.15) is 0 Å². The lowest BCUT2D eigenvalue weighted by molar-refractivity contribution is -0.139. The summed E-state index contributed by atoms with van der Waals surface area (Å²) in [4.78, 5) is 28.1. The molecule has 0 aliphatic carbocycles. The number of rotatable bonds is 8. The number of halogens is 1. The Hall–Kier alpha value is -3.13. The van der Waals surface area contributed by atoms with Crippen LogP contribution in [0.1, 0.15) is 25.0 Å². The molecule has 32 heavy (non-hydrogen) atoms. The lowest BCUT2D eigenvalue weighted by atomic mass is 10.1. The molecular weight excluding hydrogens is 415 g/mol. The van der Waals surface area contributed by atoms with Crippen LogP contribution in [-0.4, -0.2) is 65.7 Å². The number of piperazine rings is 1. The quantitative estimate of drug-likeness (QED) is 0.675. The normalized spacial score (nSPS) is 18.9. The van der Waals surface area contributed by atoms with Crippen molar-refractivity contribution in [3.63, 3.8) is 0 Å². The maximum atomic E-state index is 13.2. The van der Waals surface area contributed by atoms with Crippen molar-refractivity contribution in [3.8, 4) is 11.5 Å². The Morgan fingerprint density at radius 1 is 1.09 bits per heavy atom. The number of benzene rings is 2. The van der Waals surface area contributed by atoms with Crippen LogP contribution in [-0.2, 0) is 22.6 Å². The van der Waals surface area contributed by atoms with Gasteiger partial charge in [0.05, 0.1) is 13.5 Å². The van der Waals surface area contributed by atoms with Crippen LogP contribution in [0.2, 0.25) is 0 Å². The van der Waals surface area contributed by atoms with Crippen LogP contribution >= 0.6 is 0 Å². The van der Waals surface area contributed by atoms with E-state index in [0.717, 1.165) is 5.56 Å². The summed E-state index contributed by atoms with van der Waals surface area (Å²) in [7, 11) is 1.51. The number of methoxy groups -OCH3 is 1. The van der Waals surface area contributed by atoms with E-state index in [2.05, 4.69) is 11.8 Å². The predicted octanol–water partition coefficient (Wildman–Crippen LogP) is 2.96. The van der Waals surface area contributed by atoms with Crippen LogP contribution in [0, 0.1) is 5.82 Å². The zero-order valence-corrected chi connectivity index (χ0v) is 18.6. The highest BCUT2D eigenvalue weighted by molar-refractivity contribution is 5.78. The first kappa shape index (κ1) is 23.5. The van der Waals surface area contributed by atoms with E-state index in [1.165, 1.54) is 19.2 Å². The lowest BCUT2D eigenvalue weighted by Gasteiger charge is -2.44. The molecule has 1 N–H and O–H groups in total. The van der Waals surface area contributed by atoms with E-state index < -0.39 is 5.97 Å². The molecule has 1 fully saturated rings. The lowest BCUT2D eigenvalue weighted by Crippen LogP contribution is -2.58. The van der Waals surface area contributed by atoms with Gasteiger partial charge in [-0.25, -0.2) is 4.39 Å². The number of aliphatic carboxylic acids is 1. The summed E-state index contributed by atoms with van der Waals surface area (Å²) >= 11 is 0. The zero-order chi connectivity index (χ0) is 23.3. The third-order valence-electron chi connectivity index (χ3n) is 5.70. The molecule has 1 aliphatic heterocycles. The first-order valence-corrected chi connectivity index (χ1v) is 10.6. The summed E-state index contributed by atoms with van der Waals surface area (Å²) in [5, 5.41) is 9.12. The highest BCUT2D eigenvalue weighted by Crippen LogP contribution is 2.26. The molecule has 7 nitrogen and oxygen atoms in total. The van der Waals surface area contributed by atoms with Gasteiger partial charge in [0.2, 0.25) is 0 Å². The second kappa shape index (κ2) is 10.5. The fourth-order valence-corrected chi connectivity index (χ4v) is 3.92. The van der Waals surface area contributed by atoms with Crippen LogP contribution in [0.25, 0.3) is 0 Å². The summed E-state index contributed by atoms with van der Waals surface area (Å²) < 4.78 is 24.1. The molecule has 2 aromatic rings. The largest absolute Gasteiger partial charge is 0.497 e. The molecule has 1 amide bonds. The molecule has 0 bridgehead atoms. The second-order valence-corrected chi connectivity index (χ2v) is 8.13. The van der Waals surface area contributed by atoms with Gasteiger partial charge in [0.25, 0.3) is 5.91 Å². The van der Waals surface area contributed by atoms with Gasteiger partial charge in [0.1, 0.15) is 17.3 Å². The molecule has 0 aromatic heterocycles. The third-order valence-corrected chi connectivity index (χ3v) is 5.70. The standard InChI is InChI=1S/C24H29FN2O5/c1-16-13-27(17(2)12-26(16)14-18-4-7-20(25)8-5-18)23(28)15-32-22-11-21(31-3)9-6-19(22)10-24(29)30/h4-9,11,16-17H,10,12-15H2,1-3H3,(H,29,30)/t16-,17+/m0/s1. The van der Waals surface area contributed by atoms with E-state index in [-0.39, 0.29) is 36.8 Å². The Kier molecular flexibility index (Phi) is 7.69. The number of nitrogens with zero attached hydrogens (tertiary/aromatic N) is 2. The van der Waals surface area contributed by atoms with Crippen molar-refractivity contribution in [3.05, 3.63) is 59.4 Å². The molecule has 1 saturated heterocycles. The molecule has 8 heteroatoms. The number of carbonyl (C=O) groups is 2. The SMILES string of the molecule is COc1ccc(CC(=O)O)c(OCC(=O)N2C[C@H](C)N(Cc3ccc(F)cc3)C[C@H]2C)c1. The number of amides is 1. The molecule has 2 aromatic carbocycles. The third kappa shape index (κ3) is 5.97. The number of hydrogen-bond donors (Lipinski definition) is 1. The van der Waals surface area contributed by atoms with Gasteiger partial charge in [-0.15, -0.1) is 0 Å². The molecule has 0 unspecified atom stereocenters. The number of ether oxygens (including phenoxy) is 2. The van der Waals surface area contributed by atoms with Crippen LogP contribution in [0.4, 0.5) is 4.39 Å². The van der Waals surface area contributed by atoms with Crippen molar-refractivity contribution in [2.45, 2.75) is 38.9 Å². The Morgan fingerprint density at radius 2 is 1.81 bits per heavy atom. The maximum absolute atomic E-state index is 13.2. The first-order chi connectivity index (χ1) is 15.3. The van der Waals surface area contributed by atoms with Gasteiger partial charge in [0.15, 0.2) is 6.61 Å². The van der Waals surface area contributed by atoms with Gasteiger partial charge >= 0.3 is 5.97 Å². The van der Waals surface area contributed by atoms with Gasteiger partial charge < -0.3 is 19.5 Å². The van der Waals surface area contributed by atoms with E-state index in [0.29, 0.717) is 36.7 Å². The van der Waals surface area contributed by atoms with Crippen LogP contribution in [0.15, 0.2) is 42.5 Å². The first-order valence-electron chi connectivity index (χ1n) is 10.6. The fourth-order valence-electron chi connectivity index (χ4n) is 3.92. The number of carboxylic acids is 1. The summed E-state index contributed by atoms with van der Waals surface area (Å²) in [5.41, 5.74) is 1.51. The maximum Gasteiger partial charge on any atom is 0.307 e. The molecule has 1 aliphatic rings. The molecule has 3 rings (SSSR count). The highest BCUT2D eigenvalue weighted by Gasteiger charge is 2.32. The van der Waals surface area contributed by atoms with Crippen molar-refractivity contribution < 1.29 is 28.6 Å². The van der Waals surface area contributed by atoms with Gasteiger partial charge in [-0.3, -0.25) is 14.5 Å². The minimum atomic E-state index is -0.980. The van der Waals surface area contributed by atoms with E-state index in [9.17, 15) is 14.0 Å². The van der Waals surface area contributed by atoms with Crippen molar-refractivity contribution in [1.82, 2.24) is 9.80 Å². The molecule has 0 spiro atoms. The summed E-state index contributed by atoms with van der Waals surface area (Å²) in [6, 6.07) is 11.5. The van der Waals surface area contributed by atoms with E-state index in [1.54, 1.807) is 35.2 Å². The summed E-state index contributed by atoms with van der Waals surface area (Å²) in [6.07, 6.45) is -0.205. The number of carboxylic acid groups (broad SMARTS) is 1. The molecular formula is C24H29FN2O5. The minimum absolute atomic E-state index is 0.0217. The van der Waals surface area contributed by atoms with Crippen LogP contribution < -0.4 is 9.47 Å². The van der Waals surface area contributed by atoms with E-state index in [4.69, 9.17) is 14.6 Å². The Morgan fingerprint density at radius 3 is 2.47 bits per heavy atom. The predicted molar refractivity (Wildman–Crippen MR) is 117 cm³/mol. The van der Waals surface area contributed by atoms with Gasteiger partial charge in [-0.05, 0) is 37.6 Å². The molecule has 2 atom stereocenters. The Labute approximate surface area is 187 Å². The zero-order valence-electron chi connectivity index (χ0n) is 18.6. The van der Waals surface area contributed by atoms with Crippen molar-refractivity contribution in [1.29, 1.82) is 0 Å². The fraction of sp³-hybridized carbons (Fsp3) is 0.417. The average molecular weight is 445 g/mol. The summed E-state index contributed by atoms with van der Waals surface area (Å²) in [5.74, 6) is -0.539. The van der Waals surface area contributed by atoms with Crippen molar-refractivity contribution in [2.24, 2.45) is 0 Å².